The highest BCUT2D eigenvalue weighted by molar-refractivity contribution is 5.89. The first-order chi connectivity index (χ1) is 20.0. The molecule has 0 N–H and O–H groups in total. The first-order valence-corrected chi connectivity index (χ1v) is 12.5. The summed E-state index contributed by atoms with van der Waals surface area (Å²) in [6.07, 6.45) is 0. The lowest BCUT2D eigenvalue weighted by molar-refractivity contribution is 0.0504. The van der Waals surface area contributed by atoms with Crippen molar-refractivity contribution in [1.29, 1.82) is 15.8 Å². The van der Waals surface area contributed by atoms with E-state index in [4.69, 9.17) is 9.47 Å². The Hall–Kier alpha value is -6.05. The minimum absolute atomic E-state index is 0.0767. The third-order valence-electron chi connectivity index (χ3n) is 5.93. The van der Waals surface area contributed by atoms with Gasteiger partial charge in [0.25, 0.3) is 0 Å². The average molecular weight is 543 g/mol. The molecular weight excluding hydrogens is 520 g/mol. The van der Waals surface area contributed by atoms with Crippen molar-refractivity contribution < 1.29 is 19.1 Å². The van der Waals surface area contributed by atoms with E-state index in [0.29, 0.717) is 29.8 Å². The van der Waals surface area contributed by atoms with E-state index in [-0.39, 0.29) is 36.0 Å². The van der Waals surface area contributed by atoms with Gasteiger partial charge in [-0.1, -0.05) is 48.5 Å². The van der Waals surface area contributed by atoms with Crippen molar-refractivity contribution in [3.8, 4) is 29.5 Å². The van der Waals surface area contributed by atoms with Gasteiger partial charge in [0.15, 0.2) is 17.1 Å². The number of carbonyl (C=O) groups excluding carboxylic acids is 2. The number of hydrogen-bond donors (Lipinski definition) is 0. The van der Waals surface area contributed by atoms with Gasteiger partial charge < -0.3 is 14.4 Å². The van der Waals surface area contributed by atoms with E-state index >= 15 is 0 Å². The maximum Gasteiger partial charge on any atom is 0.338 e. The van der Waals surface area contributed by atoms with Gasteiger partial charge in [-0.05, 0) is 36.4 Å². The van der Waals surface area contributed by atoms with E-state index in [1.807, 2.05) is 29.2 Å². The Labute approximate surface area is 236 Å². The highest BCUT2D eigenvalue weighted by Crippen LogP contribution is 2.25. The van der Waals surface area contributed by atoms with Crippen LogP contribution in [0.2, 0.25) is 0 Å². The molecule has 0 aliphatic carbocycles. The van der Waals surface area contributed by atoms with E-state index in [9.17, 15) is 25.4 Å². The molecule has 0 aliphatic rings. The van der Waals surface area contributed by atoms with Gasteiger partial charge in [-0.3, -0.25) is 0 Å². The van der Waals surface area contributed by atoms with Crippen LogP contribution >= 0.6 is 0 Å². The third-order valence-corrected chi connectivity index (χ3v) is 5.93. The number of aromatic nitrogens is 2. The van der Waals surface area contributed by atoms with Gasteiger partial charge in [0.05, 0.1) is 24.2 Å². The summed E-state index contributed by atoms with van der Waals surface area (Å²) in [6, 6.07) is 29.7. The fourth-order valence-corrected chi connectivity index (χ4v) is 3.88. The Morgan fingerprint density at radius 1 is 0.634 bits per heavy atom. The number of anilines is 1. The smallest absolute Gasteiger partial charge is 0.338 e. The molecule has 0 bridgehead atoms. The van der Waals surface area contributed by atoms with Gasteiger partial charge in [0, 0.05) is 11.3 Å². The van der Waals surface area contributed by atoms with Gasteiger partial charge in [-0.15, -0.1) is 0 Å². The summed E-state index contributed by atoms with van der Waals surface area (Å²) in [4.78, 5) is 34.8. The van der Waals surface area contributed by atoms with Crippen molar-refractivity contribution in [3.63, 3.8) is 0 Å². The van der Waals surface area contributed by atoms with E-state index in [1.54, 1.807) is 78.9 Å². The van der Waals surface area contributed by atoms with Crippen LogP contribution in [0.5, 0.6) is 0 Å². The zero-order valence-corrected chi connectivity index (χ0v) is 21.7. The summed E-state index contributed by atoms with van der Waals surface area (Å²) in [7, 11) is 0. The molecule has 0 spiro atoms. The molecule has 4 rings (SSSR count). The molecule has 3 aromatic carbocycles. The van der Waals surface area contributed by atoms with Crippen molar-refractivity contribution in [2.45, 2.75) is 0 Å². The van der Waals surface area contributed by atoms with E-state index in [1.165, 1.54) is 0 Å². The summed E-state index contributed by atoms with van der Waals surface area (Å²) in [5.74, 6) is -0.902. The molecule has 0 radical (unpaired) electrons. The Balaban J connectivity index is 1.51. The lowest BCUT2D eigenvalue weighted by Gasteiger charge is -2.25. The fourth-order valence-electron chi connectivity index (χ4n) is 3.88. The zero-order valence-electron chi connectivity index (χ0n) is 21.7. The normalized spacial score (nSPS) is 9.98. The highest BCUT2D eigenvalue weighted by Gasteiger charge is 2.17. The molecule has 0 fully saturated rings. The van der Waals surface area contributed by atoms with Crippen LogP contribution in [0, 0.1) is 34.0 Å². The predicted octanol–water partition coefficient (Wildman–Crippen LogP) is 4.28. The Morgan fingerprint density at radius 3 is 1.56 bits per heavy atom. The SMILES string of the molecule is N#Cc1nc(C#N)c(-c2ccc(N(CCOC(=O)c3ccccc3)CCOC(=O)c3ccccc3)cc2)nc1C#N. The van der Waals surface area contributed by atoms with Crippen LogP contribution in [0.3, 0.4) is 0 Å². The molecule has 0 atom stereocenters. The summed E-state index contributed by atoms with van der Waals surface area (Å²) < 4.78 is 10.9. The molecule has 10 heteroatoms. The van der Waals surface area contributed by atoms with Gasteiger partial charge in [0.2, 0.25) is 0 Å². The number of hydrogen-bond acceptors (Lipinski definition) is 10. The maximum atomic E-state index is 12.4. The van der Waals surface area contributed by atoms with Crippen molar-refractivity contribution in [1.82, 2.24) is 9.97 Å². The number of ether oxygens (including phenoxy) is 2. The van der Waals surface area contributed by atoms with Crippen LogP contribution in [0.15, 0.2) is 84.9 Å². The minimum atomic E-state index is -0.451. The number of rotatable bonds is 10. The lowest BCUT2D eigenvalue weighted by Crippen LogP contribution is -2.32. The number of benzene rings is 3. The first kappa shape index (κ1) is 28.0. The quantitative estimate of drug-likeness (QED) is 0.265. The standard InChI is InChI=1S/C31H22N6O4/c32-19-26-27(20-33)36-29(28(21-34)35-26)22-11-13-25(14-12-22)37(15-17-40-30(38)23-7-3-1-4-8-23)16-18-41-31(39)24-9-5-2-6-10-24/h1-14H,15-18H2. The monoisotopic (exact) mass is 542 g/mol. The molecule has 0 aliphatic heterocycles. The van der Waals surface area contributed by atoms with Crippen molar-refractivity contribution in [2.75, 3.05) is 31.2 Å². The van der Waals surface area contributed by atoms with Crippen LogP contribution in [0.25, 0.3) is 11.3 Å². The molecular formula is C31H22N6O4. The molecule has 0 saturated carbocycles. The third kappa shape index (κ3) is 7.08. The molecule has 0 saturated heterocycles. The van der Waals surface area contributed by atoms with Crippen LogP contribution in [-0.2, 0) is 9.47 Å². The molecule has 41 heavy (non-hydrogen) atoms. The molecule has 1 aromatic heterocycles. The van der Waals surface area contributed by atoms with E-state index < -0.39 is 11.9 Å². The van der Waals surface area contributed by atoms with Crippen molar-refractivity contribution in [2.24, 2.45) is 0 Å². The van der Waals surface area contributed by atoms with Gasteiger partial charge in [-0.2, -0.15) is 15.8 Å². The summed E-state index contributed by atoms with van der Waals surface area (Å²) in [5.41, 5.74) is 1.83. The van der Waals surface area contributed by atoms with Crippen LogP contribution < -0.4 is 4.90 Å². The molecule has 200 valence electrons. The second kappa shape index (κ2) is 13.7. The van der Waals surface area contributed by atoms with Crippen LogP contribution in [0.4, 0.5) is 5.69 Å². The Kier molecular flexibility index (Phi) is 9.32. The van der Waals surface area contributed by atoms with Crippen molar-refractivity contribution in [3.05, 3.63) is 113 Å². The largest absolute Gasteiger partial charge is 0.460 e. The van der Waals surface area contributed by atoms with Crippen LogP contribution in [-0.4, -0.2) is 48.2 Å². The van der Waals surface area contributed by atoms with E-state index in [2.05, 4.69) is 9.97 Å². The Morgan fingerprint density at radius 2 is 1.10 bits per heavy atom. The minimum Gasteiger partial charge on any atom is -0.460 e. The molecule has 0 unspecified atom stereocenters. The van der Waals surface area contributed by atoms with Crippen molar-refractivity contribution >= 4 is 17.6 Å². The second-order valence-electron chi connectivity index (χ2n) is 8.49. The lowest BCUT2D eigenvalue weighted by atomic mass is 10.1. The fraction of sp³-hybridized carbons (Fsp3) is 0.129. The van der Waals surface area contributed by atoms with Gasteiger partial charge in [-0.25, -0.2) is 19.6 Å². The number of nitriles is 3. The second-order valence-corrected chi connectivity index (χ2v) is 8.49. The summed E-state index contributed by atoms with van der Waals surface area (Å²) >= 11 is 0. The summed E-state index contributed by atoms with van der Waals surface area (Å²) in [6.45, 7) is 0.764. The highest BCUT2D eigenvalue weighted by atomic mass is 16.5. The molecule has 10 nitrogen and oxygen atoms in total. The number of nitrogens with zero attached hydrogens (tertiary/aromatic N) is 6. The molecule has 0 amide bonds. The first-order valence-electron chi connectivity index (χ1n) is 12.5. The maximum absolute atomic E-state index is 12.4. The number of carbonyl (C=O) groups is 2. The Bertz CT molecular complexity index is 1600. The predicted molar refractivity (Wildman–Crippen MR) is 147 cm³/mol. The number of esters is 2. The van der Waals surface area contributed by atoms with Gasteiger partial charge >= 0.3 is 11.9 Å². The van der Waals surface area contributed by atoms with Crippen LogP contribution in [0.1, 0.15) is 37.8 Å². The summed E-state index contributed by atoms with van der Waals surface area (Å²) in [5, 5.41) is 28.0. The topological polar surface area (TPSA) is 153 Å². The molecule has 4 aromatic rings. The molecule has 1 heterocycles. The van der Waals surface area contributed by atoms with E-state index in [0.717, 1.165) is 5.69 Å². The van der Waals surface area contributed by atoms with Gasteiger partial charge in [0.1, 0.15) is 37.1 Å². The average Bonchev–Trinajstić information content (AvgIpc) is 3.04. The zero-order chi connectivity index (χ0) is 29.0.